The van der Waals surface area contributed by atoms with Crippen molar-refractivity contribution in [2.45, 2.75) is 26.7 Å². The van der Waals surface area contributed by atoms with E-state index < -0.39 is 0 Å². The Morgan fingerprint density at radius 1 is 1.22 bits per heavy atom. The summed E-state index contributed by atoms with van der Waals surface area (Å²) >= 11 is 0. The molecule has 0 unspecified atom stereocenters. The van der Waals surface area contributed by atoms with Crippen LogP contribution in [0.15, 0.2) is 6.07 Å². The zero-order valence-corrected chi connectivity index (χ0v) is 11.5. The maximum absolute atomic E-state index is 8.50. The molecule has 0 fully saturated rings. The summed E-state index contributed by atoms with van der Waals surface area (Å²) in [4.78, 5) is 0. The molecule has 0 heterocycles. The van der Waals surface area contributed by atoms with Gasteiger partial charge in [0.15, 0.2) is 0 Å². The summed E-state index contributed by atoms with van der Waals surface area (Å²) in [5, 5.41) is 11.8. The highest BCUT2D eigenvalue weighted by Crippen LogP contribution is 2.36. The molecule has 4 nitrogen and oxygen atoms in total. The van der Waals surface area contributed by atoms with Gasteiger partial charge in [0.1, 0.15) is 11.5 Å². The van der Waals surface area contributed by atoms with Gasteiger partial charge in [0.2, 0.25) is 0 Å². The van der Waals surface area contributed by atoms with Crippen molar-refractivity contribution in [2.75, 3.05) is 26.1 Å². The predicted octanol–water partition coefficient (Wildman–Crippen LogP) is 3.04. The molecule has 1 N–H and O–H groups in total. The van der Waals surface area contributed by atoms with E-state index >= 15 is 0 Å². The highest BCUT2D eigenvalue weighted by molar-refractivity contribution is 5.66. The molecule has 1 aromatic rings. The molecule has 0 aliphatic carbocycles. The summed E-state index contributed by atoms with van der Waals surface area (Å²) in [5.74, 6) is 1.68. The largest absolute Gasteiger partial charge is 0.496 e. The van der Waals surface area contributed by atoms with Crippen LogP contribution in [0.5, 0.6) is 11.5 Å². The lowest BCUT2D eigenvalue weighted by Crippen LogP contribution is -2.05. The Labute approximate surface area is 109 Å². The fourth-order valence-electron chi connectivity index (χ4n) is 1.86. The summed E-state index contributed by atoms with van der Waals surface area (Å²) in [6.45, 7) is 4.77. The quantitative estimate of drug-likeness (QED) is 0.786. The SMILES string of the molecule is COc1cc(NCCCC#N)c(OC)c(C)c1C. The number of methoxy groups -OCH3 is 2. The van der Waals surface area contributed by atoms with Crippen molar-refractivity contribution in [2.24, 2.45) is 0 Å². The number of nitrogens with one attached hydrogen (secondary N) is 1. The van der Waals surface area contributed by atoms with Gasteiger partial charge >= 0.3 is 0 Å². The minimum Gasteiger partial charge on any atom is -0.496 e. The molecular formula is C14H20N2O2. The molecule has 0 atom stereocenters. The van der Waals surface area contributed by atoms with Crippen molar-refractivity contribution in [3.63, 3.8) is 0 Å². The molecule has 98 valence electrons. The summed E-state index contributed by atoms with van der Waals surface area (Å²) in [6.07, 6.45) is 1.37. The van der Waals surface area contributed by atoms with E-state index in [-0.39, 0.29) is 0 Å². The third-order valence-corrected chi connectivity index (χ3v) is 3.00. The standard InChI is InChI=1S/C14H20N2O2/c1-10-11(2)14(18-4)12(9-13(10)17-3)16-8-6-5-7-15/h9,16H,5-6,8H2,1-4H3. The number of nitriles is 1. The first kappa shape index (κ1) is 14.2. The molecule has 0 bridgehead atoms. The number of anilines is 1. The summed E-state index contributed by atoms with van der Waals surface area (Å²) in [6, 6.07) is 4.07. The molecule has 4 heteroatoms. The number of hydrogen-bond donors (Lipinski definition) is 1. The minimum atomic E-state index is 0.553. The van der Waals surface area contributed by atoms with Gasteiger partial charge in [-0.2, -0.15) is 5.26 Å². The molecule has 0 amide bonds. The first-order valence-electron chi connectivity index (χ1n) is 5.98. The smallest absolute Gasteiger partial charge is 0.145 e. The van der Waals surface area contributed by atoms with Crippen LogP contribution < -0.4 is 14.8 Å². The van der Waals surface area contributed by atoms with Crippen LogP contribution >= 0.6 is 0 Å². The van der Waals surface area contributed by atoms with Crippen LogP contribution in [0.4, 0.5) is 5.69 Å². The fraction of sp³-hybridized carbons (Fsp3) is 0.500. The van der Waals surface area contributed by atoms with Crippen LogP contribution in [-0.4, -0.2) is 20.8 Å². The van der Waals surface area contributed by atoms with E-state index in [9.17, 15) is 0 Å². The van der Waals surface area contributed by atoms with Crippen molar-refractivity contribution in [1.29, 1.82) is 5.26 Å². The molecule has 0 saturated heterocycles. The predicted molar refractivity (Wildman–Crippen MR) is 72.4 cm³/mol. The number of benzene rings is 1. The normalized spacial score (nSPS) is 9.72. The molecule has 1 rings (SSSR count). The highest BCUT2D eigenvalue weighted by Gasteiger charge is 2.13. The van der Waals surface area contributed by atoms with Gasteiger partial charge in [0.25, 0.3) is 0 Å². The Hall–Kier alpha value is -1.89. The van der Waals surface area contributed by atoms with Gasteiger partial charge < -0.3 is 14.8 Å². The van der Waals surface area contributed by atoms with Crippen LogP contribution in [0.25, 0.3) is 0 Å². The number of ether oxygens (including phenoxy) is 2. The van der Waals surface area contributed by atoms with Crippen molar-refractivity contribution in [3.05, 3.63) is 17.2 Å². The van der Waals surface area contributed by atoms with Gasteiger partial charge in [0, 0.05) is 19.0 Å². The lowest BCUT2D eigenvalue weighted by molar-refractivity contribution is 0.399. The van der Waals surface area contributed by atoms with E-state index in [0.29, 0.717) is 6.42 Å². The third-order valence-electron chi connectivity index (χ3n) is 3.00. The average Bonchev–Trinajstić information content (AvgIpc) is 2.38. The van der Waals surface area contributed by atoms with Crippen LogP contribution in [0, 0.1) is 25.2 Å². The van der Waals surface area contributed by atoms with Crippen LogP contribution in [0.1, 0.15) is 24.0 Å². The Bertz CT molecular complexity index is 450. The maximum Gasteiger partial charge on any atom is 0.145 e. The second kappa shape index (κ2) is 6.75. The van der Waals surface area contributed by atoms with Gasteiger partial charge in [-0.05, 0) is 31.4 Å². The Morgan fingerprint density at radius 2 is 1.94 bits per heavy atom. The first-order chi connectivity index (χ1) is 8.65. The van der Waals surface area contributed by atoms with E-state index in [4.69, 9.17) is 14.7 Å². The summed E-state index contributed by atoms with van der Waals surface area (Å²) < 4.78 is 10.8. The van der Waals surface area contributed by atoms with Gasteiger partial charge in [-0.15, -0.1) is 0 Å². The Morgan fingerprint density at radius 3 is 2.50 bits per heavy atom. The van der Waals surface area contributed by atoms with Crippen LogP contribution in [-0.2, 0) is 0 Å². The monoisotopic (exact) mass is 248 g/mol. The van der Waals surface area contributed by atoms with E-state index in [0.717, 1.165) is 41.3 Å². The van der Waals surface area contributed by atoms with Crippen molar-refractivity contribution in [1.82, 2.24) is 0 Å². The zero-order chi connectivity index (χ0) is 13.5. The molecular weight excluding hydrogens is 228 g/mol. The highest BCUT2D eigenvalue weighted by atomic mass is 16.5. The third kappa shape index (κ3) is 3.07. The van der Waals surface area contributed by atoms with E-state index in [1.54, 1.807) is 14.2 Å². The van der Waals surface area contributed by atoms with Crippen molar-refractivity contribution < 1.29 is 9.47 Å². The van der Waals surface area contributed by atoms with E-state index in [1.807, 2.05) is 19.9 Å². The van der Waals surface area contributed by atoms with E-state index in [2.05, 4.69) is 11.4 Å². The van der Waals surface area contributed by atoms with Crippen molar-refractivity contribution in [3.8, 4) is 17.6 Å². The van der Waals surface area contributed by atoms with Gasteiger partial charge in [-0.3, -0.25) is 0 Å². The van der Waals surface area contributed by atoms with Gasteiger partial charge in [0.05, 0.1) is 26.0 Å². The number of rotatable bonds is 6. The number of unbranched alkanes of at least 4 members (excludes halogenated alkanes) is 1. The number of nitrogens with zero attached hydrogens (tertiary/aromatic N) is 1. The maximum atomic E-state index is 8.50. The second-order valence-corrected chi connectivity index (χ2v) is 4.10. The van der Waals surface area contributed by atoms with Crippen LogP contribution in [0.2, 0.25) is 0 Å². The Balaban J connectivity index is 2.95. The summed E-state index contributed by atoms with van der Waals surface area (Å²) in [5.41, 5.74) is 3.06. The first-order valence-corrected chi connectivity index (χ1v) is 5.98. The molecule has 0 saturated carbocycles. The molecule has 1 aromatic carbocycles. The van der Waals surface area contributed by atoms with Crippen LogP contribution in [0.3, 0.4) is 0 Å². The molecule has 0 aromatic heterocycles. The molecule has 0 radical (unpaired) electrons. The van der Waals surface area contributed by atoms with E-state index in [1.165, 1.54) is 0 Å². The number of hydrogen-bond acceptors (Lipinski definition) is 4. The topological polar surface area (TPSA) is 54.3 Å². The summed E-state index contributed by atoms with van der Waals surface area (Å²) in [7, 11) is 3.32. The average molecular weight is 248 g/mol. The second-order valence-electron chi connectivity index (χ2n) is 4.10. The molecule has 0 aliphatic heterocycles. The zero-order valence-electron chi connectivity index (χ0n) is 11.5. The van der Waals surface area contributed by atoms with Crippen molar-refractivity contribution >= 4 is 5.69 Å². The lowest BCUT2D eigenvalue weighted by atomic mass is 10.1. The fourth-order valence-corrected chi connectivity index (χ4v) is 1.86. The van der Waals surface area contributed by atoms with Gasteiger partial charge in [-0.25, -0.2) is 0 Å². The minimum absolute atomic E-state index is 0.553. The molecule has 18 heavy (non-hydrogen) atoms. The molecule has 0 spiro atoms. The lowest BCUT2D eigenvalue weighted by Gasteiger charge is -2.17. The van der Waals surface area contributed by atoms with Gasteiger partial charge in [-0.1, -0.05) is 0 Å². The Kier molecular flexibility index (Phi) is 5.31. The molecule has 0 aliphatic rings.